The average Bonchev–Trinajstić information content (AvgIpc) is 1.95. The largest absolute Gasteiger partial charge is 0.269 e. The third-order valence-corrected chi connectivity index (χ3v) is 2.56. The fourth-order valence-corrected chi connectivity index (χ4v) is 1.41. The van der Waals surface area contributed by atoms with Crippen molar-refractivity contribution in [1.82, 2.24) is 0 Å². The van der Waals surface area contributed by atoms with E-state index in [4.69, 9.17) is 0 Å². The zero-order chi connectivity index (χ0) is 7.94. The summed E-state index contributed by atoms with van der Waals surface area (Å²) in [5.41, 5.74) is 4.39. The van der Waals surface area contributed by atoms with Gasteiger partial charge in [0.1, 0.15) is 0 Å². The summed E-state index contributed by atoms with van der Waals surface area (Å²) < 4.78 is 0. The second kappa shape index (κ2) is 5.84. The van der Waals surface area contributed by atoms with Crippen molar-refractivity contribution < 1.29 is 35.3 Å². The number of rotatable bonds is 0. The summed E-state index contributed by atoms with van der Waals surface area (Å²) in [4.78, 5) is 0. The molecule has 0 nitrogen and oxygen atoms in total. The third-order valence-electron chi connectivity index (χ3n) is 2.56. The Labute approximate surface area is 98.0 Å². The topological polar surface area (TPSA) is 0 Å². The summed E-state index contributed by atoms with van der Waals surface area (Å²) >= 11 is 0. The Morgan fingerprint density at radius 3 is 1.46 bits per heavy atom. The SMILES string of the molecule is CC1=[C-]C(C)(C)C(C)=C1C.F.F.[Hf]. The maximum absolute atomic E-state index is 3.44. The second-order valence-corrected chi connectivity index (χ2v) is 3.62. The normalized spacial score (nSPS) is 18.1. The Kier molecular flexibility index (Phi) is 8.49. The minimum atomic E-state index is 0. The summed E-state index contributed by atoms with van der Waals surface area (Å²) in [6.45, 7) is 10.9. The molecule has 0 radical (unpaired) electrons. The molecule has 1 rings (SSSR count). The van der Waals surface area contributed by atoms with Crippen LogP contribution in [0, 0.1) is 11.5 Å². The first kappa shape index (κ1) is 18.9. The van der Waals surface area contributed by atoms with Gasteiger partial charge in [-0.25, -0.2) is 5.57 Å². The summed E-state index contributed by atoms with van der Waals surface area (Å²) in [7, 11) is 0. The number of hydrogen-bond donors (Lipinski definition) is 0. The number of allylic oxidation sites excluding steroid dienone is 4. The van der Waals surface area contributed by atoms with Crippen LogP contribution in [0.1, 0.15) is 34.6 Å². The predicted molar refractivity (Wildman–Crippen MR) is 49.6 cm³/mol. The molecule has 0 amide bonds. The van der Waals surface area contributed by atoms with Crippen LogP contribution in [-0.2, 0) is 25.8 Å². The zero-order valence-electron chi connectivity index (χ0n) is 8.82. The van der Waals surface area contributed by atoms with Crippen molar-refractivity contribution in [2.45, 2.75) is 34.6 Å². The van der Waals surface area contributed by atoms with Crippen LogP contribution in [0.2, 0.25) is 0 Å². The van der Waals surface area contributed by atoms with Crippen LogP contribution in [0.25, 0.3) is 0 Å². The van der Waals surface area contributed by atoms with E-state index < -0.39 is 0 Å². The van der Waals surface area contributed by atoms with Crippen LogP contribution < -0.4 is 0 Å². The molecule has 0 saturated carbocycles. The van der Waals surface area contributed by atoms with Crippen LogP contribution in [0.15, 0.2) is 16.7 Å². The molecular weight excluding hydrogens is 337 g/mol. The molecule has 0 atom stereocenters. The molecule has 0 N–H and O–H groups in total. The average molecular weight is 354 g/mol. The summed E-state index contributed by atoms with van der Waals surface area (Å²) in [5.74, 6) is 0. The molecule has 3 heteroatoms. The number of halogens is 2. The van der Waals surface area contributed by atoms with Crippen molar-refractivity contribution in [2.75, 3.05) is 0 Å². The van der Waals surface area contributed by atoms with Gasteiger partial charge in [0.25, 0.3) is 0 Å². The van der Waals surface area contributed by atoms with E-state index in [1.54, 1.807) is 0 Å². The standard InChI is InChI=1S/C10H15.2FH.Hf/c1-7-6-10(4,5)9(3)8(7)2;;;/h1-5H3;2*1H;/q-1;;;. The van der Waals surface area contributed by atoms with Crippen molar-refractivity contribution in [1.29, 1.82) is 0 Å². The first-order valence-electron chi connectivity index (χ1n) is 3.75. The zero-order valence-corrected chi connectivity index (χ0v) is 12.4. The molecule has 0 bridgehead atoms. The Morgan fingerprint density at radius 2 is 1.38 bits per heavy atom. The van der Waals surface area contributed by atoms with E-state index in [-0.39, 0.29) is 40.7 Å². The number of hydrogen-bond acceptors (Lipinski definition) is 0. The molecule has 0 aliphatic heterocycles. The molecule has 1 aliphatic carbocycles. The van der Waals surface area contributed by atoms with E-state index >= 15 is 0 Å². The summed E-state index contributed by atoms with van der Waals surface area (Å²) in [6.07, 6.45) is 3.44. The third kappa shape index (κ3) is 3.45. The van der Waals surface area contributed by atoms with E-state index in [9.17, 15) is 0 Å². The predicted octanol–water partition coefficient (Wildman–Crippen LogP) is 3.41. The quantitative estimate of drug-likeness (QED) is 0.462. The van der Waals surface area contributed by atoms with Gasteiger partial charge < -0.3 is 0 Å². The molecule has 0 unspecified atom stereocenters. The van der Waals surface area contributed by atoms with Crippen LogP contribution in [0.5, 0.6) is 0 Å². The molecule has 0 aromatic rings. The molecule has 0 fully saturated rings. The summed E-state index contributed by atoms with van der Waals surface area (Å²) in [6, 6.07) is 0. The van der Waals surface area contributed by atoms with Gasteiger partial charge in [0.15, 0.2) is 0 Å². The minimum Gasteiger partial charge on any atom is -0.269 e. The maximum Gasteiger partial charge on any atom is 0 e. The van der Waals surface area contributed by atoms with Gasteiger partial charge in [-0.3, -0.25) is 15.5 Å². The fraction of sp³-hybridized carbons (Fsp3) is 0.600. The van der Waals surface area contributed by atoms with Gasteiger partial charge >= 0.3 is 0 Å². The molecular formula is C10H17F2Hf-. The molecule has 0 saturated heterocycles. The maximum atomic E-state index is 3.44. The molecule has 0 spiro atoms. The van der Waals surface area contributed by atoms with Crippen LogP contribution in [-0.4, -0.2) is 0 Å². The van der Waals surface area contributed by atoms with Crippen LogP contribution in [0.3, 0.4) is 0 Å². The van der Waals surface area contributed by atoms with Gasteiger partial charge in [-0.05, 0) is 0 Å². The van der Waals surface area contributed by atoms with Crippen molar-refractivity contribution >= 4 is 0 Å². The van der Waals surface area contributed by atoms with E-state index in [0.29, 0.717) is 0 Å². The first-order chi connectivity index (χ1) is 4.45. The Morgan fingerprint density at radius 1 is 1.00 bits per heavy atom. The van der Waals surface area contributed by atoms with Crippen molar-refractivity contribution in [3.8, 4) is 0 Å². The first-order valence-corrected chi connectivity index (χ1v) is 3.75. The van der Waals surface area contributed by atoms with Crippen molar-refractivity contribution in [3.63, 3.8) is 0 Å². The minimum absolute atomic E-state index is 0. The Hall–Kier alpha value is 0.210. The van der Waals surface area contributed by atoms with Crippen molar-refractivity contribution in [3.05, 3.63) is 22.8 Å². The van der Waals surface area contributed by atoms with Gasteiger partial charge in [-0.15, -0.1) is 6.92 Å². The van der Waals surface area contributed by atoms with E-state index in [1.807, 2.05) is 0 Å². The molecule has 13 heavy (non-hydrogen) atoms. The van der Waals surface area contributed by atoms with Gasteiger partial charge in [-0.1, -0.05) is 33.1 Å². The fourth-order valence-electron chi connectivity index (χ4n) is 1.41. The Bertz CT molecular complexity index is 227. The van der Waals surface area contributed by atoms with Crippen LogP contribution in [0.4, 0.5) is 9.41 Å². The van der Waals surface area contributed by atoms with Crippen LogP contribution >= 0.6 is 0 Å². The van der Waals surface area contributed by atoms with Gasteiger partial charge in [0, 0.05) is 25.8 Å². The summed E-state index contributed by atoms with van der Waals surface area (Å²) in [5, 5.41) is 0. The monoisotopic (exact) mass is 355 g/mol. The van der Waals surface area contributed by atoms with E-state index in [1.165, 1.54) is 16.7 Å². The smallest absolute Gasteiger partial charge is 0 e. The molecule has 0 aromatic carbocycles. The van der Waals surface area contributed by atoms with Gasteiger partial charge in [-0.2, -0.15) is 11.1 Å². The van der Waals surface area contributed by atoms with Gasteiger partial charge in [0.05, 0.1) is 0 Å². The molecule has 1 aliphatic rings. The molecule has 0 aromatic heterocycles. The van der Waals surface area contributed by atoms with Gasteiger partial charge in [0.2, 0.25) is 0 Å². The molecule has 76 valence electrons. The Balaban J connectivity index is -0.000000333. The van der Waals surface area contributed by atoms with E-state index in [0.717, 1.165) is 0 Å². The van der Waals surface area contributed by atoms with E-state index in [2.05, 4.69) is 40.7 Å². The second-order valence-electron chi connectivity index (χ2n) is 3.62. The molecule has 0 heterocycles. The van der Waals surface area contributed by atoms with Crippen molar-refractivity contribution in [2.24, 2.45) is 5.41 Å².